The summed E-state index contributed by atoms with van der Waals surface area (Å²) in [6.45, 7) is 0. The third kappa shape index (κ3) is 2.41. The van der Waals surface area contributed by atoms with Crippen LogP contribution in [-0.4, -0.2) is 21.8 Å². The van der Waals surface area contributed by atoms with Crippen LogP contribution in [0.4, 0.5) is 11.4 Å². The fourth-order valence-corrected chi connectivity index (χ4v) is 3.42. The summed E-state index contributed by atoms with van der Waals surface area (Å²) >= 11 is 6.26. The number of carbonyl (C=O) groups excluding carboxylic acids is 2. The van der Waals surface area contributed by atoms with Crippen molar-refractivity contribution < 1.29 is 19.6 Å². The molecule has 1 aliphatic rings. The zero-order chi connectivity index (χ0) is 16.9. The van der Waals surface area contributed by atoms with Crippen molar-refractivity contribution in [3.8, 4) is 5.75 Å². The highest BCUT2D eigenvalue weighted by Crippen LogP contribution is 2.39. The maximum atomic E-state index is 12.5. The standard InChI is InChI=1S/C14H6Br2N2O5/c15-10-4-7(5-11(16)12(10)19)17-13(20)8-2-1-6(18(22)23)3-9(8)14(17)21/h1-5,19H. The second-order valence-electron chi connectivity index (χ2n) is 4.69. The molecule has 2 aromatic carbocycles. The number of aromatic hydroxyl groups is 1. The predicted octanol–water partition coefficient (Wildman–Crippen LogP) is 3.63. The molecule has 0 spiro atoms. The summed E-state index contributed by atoms with van der Waals surface area (Å²) in [6, 6.07) is 6.35. The van der Waals surface area contributed by atoms with Crippen LogP contribution in [0.1, 0.15) is 20.7 Å². The van der Waals surface area contributed by atoms with Gasteiger partial charge in [0.1, 0.15) is 5.75 Å². The first kappa shape index (κ1) is 15.6. The summed E-state index contributed by atoms with van der Waals surface area (Å²) < 4.78 is 0.592. The van der Waals surface area contributed by atoms with E-state index in [1.807, 2.05) is 0 Å². The number of benzene rings is 2. The fraction of sp³-hybridized carbons (Fsp3) is 0. The van der Waals surface area contributed by atoms with Gasteiger partial charge >= 0.3 is 0 Å². The maximum absolute atomic E-state index is 12.5. The monoisotopic (exact) mass is 440 g/mol. The number of halogens is 2. The number of phenols is 1. The lowest BCUT2D eigenvalue weighted by Gasteiger charge is -2.15. The maximum Gasteiger partial charge on any atom is 0.270 e. The SMILES string of the molecule is O=C1c2ccc([N+](=O)[O-])cc2C(=O)N1c1cc(Br)c(O)c(Br)c1. The van der Waals surface area contributed by atoms with E-state index in [0.29, 0.717) is 8.95 Å². The van der Waals surface area contributed by atoms with E-state index in [1.165, 1.54) is 24.3 Å². The van der Waals surface area contributed by atoms with Crippen molar-refractivity contribution in [2.75, 3.05) is 4.90 Å². The van der Waals surface area contributed by atoms with Crippen LogP contribution >= 0.6 is 31.9 Å². The van der Waals surface area contributed by atoms with Crippen LogP contribution in [0.3, 0.4) is 0 Å². The topological polar surface area (TPSA) is 101 Å². The summed E-state index contributed by atoms with van der Waals surface area (Å²) in [7, 11) is 0. The Balaban J connectivity index is 2.12. The Kier molecular flexibility index (Phi) is 3.69. The van der Waals surface area contributed by atoms with Gasteiger partial charge in [0.05, 0.1) is 30.7 Å². The lowest BCUT2D eigenvalue weighted by Crippen LogP contribution is -2.29. The zero-order valence-corrected chi connectivity index (χ0v) is 14.3. The molecule has 1 heterocycles. The molecule has 0 saturated carbocycles. The lowest BCUT2D eigenvalue weighted by molar-refractivity contribution is -0.384. The molecule has 1 N–H and O–H groups in total. The number of nitrogens with zero attached hydrogens (tertiary/aromatic N) is 2. The largest absolute Gasteiger partial charge is 0.506 e. The van der Waals surface area contributed by atoms with E-state index in [4.69, 9.17) is 0 Å². The van der Waals surface area contributed by atoms with Crippen LogP contribution in [0.15, 0.2) is 39.3 Å². The Labute approximate surface area is 145 Å². The average molecular weight is 442 g/mol. The molecule has 0 aromatic heterocycles. The lowest BCUT2D eigenvalue weighted by atomic mass is 10.1. The number of hydrogen-bond acceptors (Lipinski definition) is 5. The molecule has 7 nitrogen and oxygen atoms in total. The molecule has 0 unspecified atom stereocenters. The highest BCUT2D eigenvalue weighted by molar-refractivity contribution is 9.11. The van der Waals surface area contributed by atoms with Crippen molar-refractivity contribution in [3.05, 3.63) is 60.5 Å². The van der Waals surface area contributed by atoms with Gasteiger partial charge in [0.2, 0.25) is 0 Å². The number of fused-ring (bicyclic) bond motifs is 1. The Bertz CT molecular complexity index is 874. The highest BCUT2D eigenvalue weighted by atomic mass is 79.9. The molecule has 0 atom stereocenters. The average Bonchev–Trinajstić information content (AvgIpc) is 2.75. The Morgan fingerprint density at radius 2 is 1.57 bits per heavy atom. The van der Waals surface area contributed by atoms with Gasteiger partial charge in [-0.15, -0.1) is 0 Å². The van der Waals surface area contributed by atoms with E-state index in [9.17, 15) is 24.8 Å². The minimum Gasteiger partial charge on any atom is -0.506 e. The number of nitro benzene ring substituents is 1. The van der Waals surface area contributed by atoms with Crippen molar-refractivity contribution in [2.24, 2.45) is 0 Å². The van der Waals surface area contributed by atoms with Crippen LogP contribution in [-0.2, 0) is 0 Å². The molecule has 9 heteroatoms. The number of amides is 2. The van der Waals surface area contributed by atoms with Gasteiger partial charge in [-0.25, -0.2) is 4.90 Å². The fourth-order valence-electron chi connectivity index (χ4n) is 2.26. The van der Waals surface area contributed by atoms with Crippen molar-refractivity contribution in [1.82, 2.24) is 0 Å². The van der Waals surface area contributed by atoms with Gasteiger partial charge in [-0.05, 0) is 50.1 Å². The summed E-state index contributed by atoms with van der Waals surface area (Å²) in [6.07, 6.45) is 0. The molecule has 0 saturated heterocycles. The number of anilines is 1. The van der Waals surface area contributed by atoms with E-state index >= 15 is 0 Å². The quantitative estimate of drug-likeness (QED) is 0.435. The minimum atomic E-state index is -0.654. The molecular weight excluding hydrogens is 436 g/mol. The predicted molar refractivity (Wildman–Crippen MR) is 87.7 cm³/mol. The molecule has 23 heavy (non-hydrogen) atoms. The number of carbonyl (C=O) groups is 2. The molecule has 1 aliphatic heterocycles. The third-order valence-corrected chi connectivity index (χ3v) is 4.55. The molecule has 0 radical (unpaired) electrons. The molecule has 2 aromatic rings. The molecule has 0 fully saturated rings. The van der Waals surface area contributed by atoms with Crippen LogP contribution < -0.4 is 4.90 Å². The zero-order valence-electron chi connectivity index (χ0n) is 11.1. The van der Waals surface area contributed by atoms with E-state index in [-0.39, 0.29) is 28.3 Å². The molecule has 116 valence electrons. The van der Waals surface area contributed by atoms with Gasteiger partial charge in [-0.1, -0.05) is 0 Å². The molecule has 0 bridgehead atoms. The number of hydrogen-bond donors (Lipinski definition) is 1. The van der Waals surface area contributed by atoms with Gasteiger partial charge in [0.25, 0.3) is 17.5 Å². The van der Waals surface area contributed by atoms with Crippen molar-refractivity contribution in [2.45, 2.75) is 0 Å². The van der Waals surface area contributed by atoms with Crippen molar-refractivity contribution in [1.29, 1.82) is 0 Å². The molecule has 3 rings (SSSR count). The van der Waals surface area contributed by atoms with Crippen LogP contribution in [0, 0.1) is 10.1 Å². The second kappa shape index (κ2) is 5.43. The van der Waals surface area contributed by atoms with Crippen LogP contribution in [0.25, 0.3) is 0 Å². The minimum absolute atomic E-state index is 0.0236. The van der Waals surface area contributed by atoms with E-state index in [0.717, 1.165) is 11.0 Å². The number of phenolic OH excluding ortho intramolecular Hbond substituents is 1. The normalized spacial score (nSPS) is 13.4. The molecular formula is C14H6Br2N2O5. The van der Waals surface area contributed by atoms with Gasteiger partial charge in [-0.2, -0.15) is 0 Å². The van der Waals surface area contributed by atoms with Gasteiger partial charge in [0, 0.05) is 12.1 Å². The van der Waals surface area contributed by atoms with E-state index in [2.05, 4.69) is 31.9 Å². The first-order valence-electron chi connectivity index (χ1n) is 6.16. The number of nitro groups is 1. The summed E-state index contributed by atoms with van der Waals surface area (Å²) in [5.74, 6) is -1.30. The smallest absolute Gasteiger partial charge is 0.270 e. The summed E-state index contributed by atoms with van der Waals surface area (Å²) in [5.41, 5.74) is 0.0423. The second-order valence-corrected chi connectivity index (χ2v) is 6.40. The van der Waals surface area contributed by atoms with Crippen LogP contribution in [0.5, 0.6) is 5.75 Å². The van der Waals surface area contributed by atoms with Gasteiger partial charge < -0.3 is 5.11 Å². The summed E-state index contributed by atoms with van der Waals surface area (Å²) in [5, 5.41) is 20.5. The van der Waals surface area contributed by atoms with Crippen molar-refractivity contribution in [3.63, 3.8) is 0 Å². The first-order valence-corrected chi connectivity index (χ1v) is 7.75. The molecule has 2 amide bonds. The summed E-state index contributed by atoms with van der Waals surface area (Å²) in [4.78, 5) is 36.0. The molecule has 0 aliphatic carbocycles. The van der Waals surface area contributed by atoms with Crippen LogP contribution in [0.2, 0.25) is 0 Å². The Hall–Kier alpha value is -2.26. The Morgan fingerprint density at radius 3 is 2.13 bits per heavy atom. The van der Waals surface area contributed by atoms with Crippen molar-refractivity contribution >= 4 is 55.0 Å². The number of non-ortho nitro benzene ring substituents is 1. The van der Waals surface area contributed by atoms with E-state index < -0.39 is 16.7 Å². The Morgan fingerprint density at radius 1 is 1.00 bits per heavy atom. The number of rotatable bonds is 2. The highest BCUT2D eigenvalue weighted by Gasteiger charge is 2.38. The van der Waals surface area contributed by atoms with Gasteiger partial charge in [0.15, 0.2) is 0 Å². The van der Waals surface area contributed by atoms with Gasteiger partial charge in [-0.3, -0.25) is 19.7 Å². The third-order valence-electron chi connectivity index (χ3n) is 3.34. The van der Waals surface area contributed by atoms with E-state index in [1.54, 1.807) is 0 Å². The first-order chi connectivity index (χ1) is 10.8. The number of imide groups is 1.